The minimum atomic E-state index is -3.51. The number of hydrogen-bond acceptors (Lipinski definition) is 7. The van der Waals surface area contributed by atoms with E-state index >= 15 is 0 Å². The molecule has 1 aromatic heterocycles. The van der Waals surface area contributed by atoms with Crippen molar-refractivity contribution < 1.29 is 13.2 Å². The number of fused-ring (bicyclic) bond motifs is 1. The van der Waals surface area contributed by atoms with Gasteiger partial charge in [0, 0.05) is 49.7 Å². The molecular formula is C22H30N6O3S. The van der Waals surface area contributed by atoms with Crippen LogP contribution in [0.5, 0.6) is 0 Å². The third-order valence-corrected chi connectivity index (χ3v) is 8.11. The minimum absolute atomic E-state index is 0.0543. The van der Waals surface area contributed by atoms with E-state index in [1.165, 1.54) is 4.31 Å². The van der Waals surface area contributed by atoms with Crippen LogP contribution in [0.1, 0.15) is 32.3 Å². The van der Waals surface area contributed by atoms with Crippen LogP contribution in [0.25, 0.3) is 0 Å². The number of carbonyl (C=O) groups is 1. The predicted molar refractivity (Wildman–Crippen MR) is 124 cm³/mol. The summed E-state index contributed by atoms with van der Waals surface area (Å²) in [6, 6.07) is 6.74. The Morgan fingerprint density at radius 1 is 1.06 bits per heavy atom. The van der Waals surface area contributed by atoms with Crippen molar-refractivity contribution in [2.45, 2.75) is 44.0 Å². The fourth-order valence-electron chi connectivity index (χ4n) is 4.20. The summed E-state index contributed by atoms with van der Waals surface area (Å²) in [5.41, 5.74) is 1.52. The first-order chi connectivity index (χ1) is 15.3. The number of carbonyl (C=O) groups excluding carboxylic acids is 1. The van der Waals surface area contributed by atoms with Gasteiger partial charge in [0.2, 0.25) is 21.9 Å². The molecular weight excluding hydrogens is 428 g/mol. The molecule has 1 N–H and O–H groups in total. The number of aromatic nitrogens is 2. The number of anilines is 3. The molecule has 3 heterocycles. The van der Waals surface area contributed by atoms with Gasteiger partial charge < -0.3 is 10.2 Å². The van der Waals surface area contributed by atoms with Crippen LogP contribution >= 0.6 is 0 Å². The zero-order valence-electron chi connectivity index (χ0n) is 18.8. The van der Waals surface area contributed by atoms with E-state index in [9.17, 15) is 13.2 Å². The largest absolute Gasteiger partial charge is 0.324 e. The van der Waals surface area contributed by atoms with Crippen LogP contribution in [-0.4, -0.2) is 72.8 Å². The van der Waals surface area contributed by atoms with Gasteiger partial charge in [0.15, 0.2) is 0 Å². The molecule has 1 aromatic carbocycles. The van der Waals surface area contributed by atoms with Gasteiger partial charge in [-0.05, 0) is 44.2 Å². The number of piperazine rings is 1. The average molecular weight is 459 g/mol. The van der Waals surface area contributed by atoms with Gasteiger partial charge in [-0.25, -0.2) is 13.4 Å². The summed E-state index contributed by atoms with van der Waals surface area (Å²) in [5, 5.41) is 3.13. The highest BCUT2D eigenvalue weighted by atomic mass is 32.2. The second-order valence-electron chi connectivity index (χ2n) is 8.31. The smallest absolute Gasteiger partial charge is 0.243 e. The summed E-state index contributed by atoms with van der Waals surface area (Å²) in [6.45, 7) is 6.58. The lowest BCUT2D eigenvalue weighted by Gasteiger charge is -2.31. The fraction of sp³-hybridized carbons (Fsp3) is 0.500. The lowest BCUT2D eigenvalue weighted by Crippen LogP contribution is -2.46. The SMILES string of the molecule is CCC(CC)N1C(=O)Cc2cnc(Nc3ccc(S(=O)(=O)N4CCN(C)CC4)cc3)nc21. The maximum atomic E-state index is 12.9. The first-order valence-corrected chi connectivity index (χ1v) is 12.5. The summed E-state index contributed by atoms with van der Waals surface area (Å²) in [5.74, 6) is 1.10. The second-order valence-corrected chi connectivity index (χ2v) is 10.2. The van der Waals surface area contributed by atoms with Crippen LogP contribution in [0, 0.1) is 0 Å². The van der Waals surface area contributed by atoms with Gasteiger partial charge in [0.25, 0.3) is 0 Å². The minimum Gasteiger partial charge on any atom is -0.324 e. The van der Waals surface area contributed by atoms with E-state index in [4.69, 9.17) is 0 Å². The molecule has 1 fully saturated rings. The van der Waals surface area contributed by atoms with Gasteiger partial charge in [-0.2, -0.15) is 9.29 Å². The Labute approximate surface area is 189 Å². The van der Waals surface area contributed by atoms with Gasteiger partial charge in [0.1, 0.15) is 5.82 Å². The number of nitrogens with one attached hydrogen (secondary N) is 1. The van der Waals surface area contributed by atoms with Crippen molar-refractivity contribution in [2.75, 3.05) is 43.4 Å². The molecule has 10 heteroatoms. The van der Waals surface area contributed by atoms with E-state index in [2.05, 4.69) is 34.0 Å². The molecule has 0 bridgehead atoms. The third-order valence-electron chi connectivity index (χ3n) is 6.20. The summed E-state index contributed by atoms with van der Waals surface area (Å²) in [4.78, 5) is 25.6. The molecule has 172 valence electrons. The van der Waals surface area contributed by atoms with Crippen LogP contribution in [0.15, 0.2) is 35.4 Å². The first kappa shape index (κ1) is 22.6. The Kier molecular flexibility index (Phi) is 6.45. The molecule has 32 heavy (non-hydrogen) atoms. The molecule has 0 atom stereocenters. The topological polar surface area (TPSA) is 98.7 Å². The molecule has 2 aromatic rings. The molecule has 0 spiro atoms. The Morgan fingerprint density at radius 3 is 2.34 bits per heavy atom. The van der Waals surface area contributed by atoms with Gasteiger partial charge >= 0.3 is 0 Å². The van der Waals surface area contributed by atoms with Crippen molar-refractivity contribution in [3.05, 3.63) is 36.0 Å². The monoisotopic (exact) mass is 458 g/mol. The average Bonchev–Trinajstić information content (AvgIpc) is 3.11. The lowest BCUT2D eigenvalue weighted by atomic mass is 10.1. The van der Waals surface area contributed by atoms with Crippen LogP contribution < -0.4 is 10.2 Å². The Hall–Kier alpha value is -2.56. The summed E-state index contributed by atoms with van der Waals surface area (Å²) in [6.07, 6.45) is 3.73. The fourth-order valence-corrected chi connectivity index (χ4v) is 5.63. The summed E-state index contributed by atoms with van der Waals surface area (Å²) in [7, 11) is -1.52. The van der Waals surface area contributed by atoms with Gasteiger partial charge in [-0.15, -0.1) is 0 Å². The van der Waals surface area contributed by atoms with E-state index in [1.54, 1.807) is 35.4 Å². The summed E-state index contributed by atoms with van der Waals surface area (Å²) < 4.78 is 27.3. The number of amides is 1. The Morgan fingerprint density at radius 2 is 1.72 bits per heavy atom. The molecule has 0 aliphatic carbocycles. The molecule has 1 amide bonds. The molecule has 0 unspecified atom stereocenters. The highest BCUT2D eigenvalue weighted by Gasteiger charge is 2.33. The Balaban J connectivity index is 1.51. The Bertz CT molecular complexity index is 1080. The summed E-state index contributed by atoms with van der Waals surface area (Å²) >= 11 is 0. The molecule has 4 rings (SSSR count). The molecule has 0 radical (unpaired) electrons. The number of sulfonamides is 1. The number of hydrogen-bond donors (Lipinski definition) is 1. The number of likely N-dealkylation sites (N-methyl/N-ethyl adjacent to an activating group) is 1. The van der Waals surface area contributed by atoms with Gasteiger partial charge in [-0.3, -0.25) is 9.69 Å². The number of nitrogens with zero attached hydrogens (tertiary/aromatic N) is 5. The number of benzene rings is 1. The lowest BCUT2D eigenvalue weighted by molar-refractivity contribution is -0.117. The van der Waals surface area contributed by atoms with Crippen LogP contribution in [0.2, 0.25) is 0 Å². The molecule has 0 saturated carbocycles. The third kappa shape index (κ3) is 4.35. The van der Waals surface area contributed by atoms with E-state index < -0.39 is 10.0 Å². The highest BCUT2D eigenvalue weighted by Crippen LogP contribution is 2.31. The van der Waals surface area contributed by atoms with Crippen molar-refractivity contribution in [1.29, 1.82) is 0 Å². The molecule has 2 aliphatic rings. The molecule has 2 aliphatic heterocycles. The van der Waals surface area contributed by atoms with Gasteiger partial charge in [0.05, 0.1) is 11.3 Å². The van der Waals surface area contributed by atoms with Crippen molar-refractivity contribution >= 4 is 33.4 Å². The van der Waals surface area contributed by atoms with E-state index in [-0.39, 0.29) is 16.8 Å². The van der Waals surface area contributed by atoms with Crippen LogP contribution in [0.3, 0.4) is 0 Å². The van der Waals surface area contributed by atoms with Crippen molar-refractivity contribution in [2.24, 2.45) is 0 Å². The standard InChI is InChI=1S/C22H30N6O3S/c1-4-18(5-2)28-20(29)14-16-15-23-22(25-21(16)28)24-17-6-8-19(9-7-17)32(30,31)27-12-10-26(3)11-13-27/h6-9,15,18H,4-5,10-14H2,1-3H3,(H,23,24,25). The van der Waals surface area contributed by atoms with Crippen molar-refractivity contribution in [1.82, 2.24) is 19.2 Å². The van der Waals surface area contributed by atoms with Crippen molar-refractivity contribution in [3.63, 3.8) is 0 Å². The van der Waals surface area contributed by atoms with Gasteiger partial charge in [-0.1, -0.05) is 13.8 Å². The van der Waals surface area contributed by atoms with E-state index in [0.717, 1.165) is 31.5 Å². The van der Waals surface area contributed by atoms with Crippen LogP contribution in [-0.2, 0) is 21.2 Å². The normalized spacial score (nSPS) is 17.8. The zero-order chi connectivity index (χ0) is 22.9. The first-order valence-electron chi connectivity index (χ1n) is 11.1. The zero-order valence-corrected chi connectivity index (χ0v) is 19.6. The maximum Gasteiger partial charge on any atom is 0.243 e. The second kappa shape index (κ2) is 9.13. The number of rotatable bonds is 7. The van der Waals surface area contributed by atoms with Crippen molar-refractivity contribution in [3.8, 4) is 0 Å². The molecule has 9 nitrogen and oxygen atoms in total. The molecule has 1 saturated heterocycles. The quantitative estimate of drug-likeness (QED) is 0.679. The highest BCUT2D eigenvalue weighted by molar-refractivity contribution is 7.89. The maximum absolute atomic E-state index is 12.9. The van der Waals surface area contributed by atoms with Crippen LogP contribution in [0.4, 0.5) is 17.5 Å². The predicted octanol–water partition coefficient (Wildman–Crippen LogP) is 2.23. The van der Waals surface area contributed by atoms with E-state index in [1.807, 2.05) is 7.05 Å². The van der Waals surface area contributed by atoms with E-state index in [0.29, 0.717) is 37.0 Å².